The molecule has 0 spiro atoms. The number of para-hydroxylation sites is 1. The first kappa shape index (κ1) is 20.8. The number of nitriles is 1. The predicted octanol–water partition coefficient (Wildman–Crippen LogP) is 6.79. The lowest BCUT2D eigenvalue weighted by atomic mass is 10.0. The zero-order chi connectivity index (χ0) is 23.8. The van der Waals surface area contributed by atoms with Gasteiger partial charge < -0.3 is 14.3 Å². The number of hydrogen-bond acceptors (Lipinski definition) is 3. The number of nitrogens with one attached hydrogen (secondary N) is 1. The van der Waals surface area contributed by atoms with Gasteiger partial charge >= 0.3 is 0 Å². The molecule has 1 N–H and O–H groups in total. The van der Waals surface area contributed by atoms with E-state index < -0.39 is 0 Å². The Morgan fingerprint density at radius 2 is 1.80 bits per heavy atom. The van der Waals surface area contributed by atoms with Crippen molar-refractivity contribution < 1.29 is 4.74 Å². The molecule has 168 valence electrons. The van der Waals surface area contributed by atoms with Gasteiger partial charge in [0.05, 0.1) is 23.7 Å². The van der Waals surface area contributed by atoms with Crippen LogP contribution < -0.4 is 4.74 Å². The highest BCUT2D eigenvalue weighted by Crippen LogP contribution is 2.29. The monoisotopic (exact) mass is 454 g/mol. The number of benzene rings is 4. The van der Waals surface area contributed by atoms with Gasteiger partial charge in [0.15, 0.2) is 0 Å². The van der Waals surface area contributed by atoms with Crippen LogP contribution in [-0.4, -0.2) is 21.6 Å². The molecule has 0 saturated carbocycles. The fraction of sp³-hybridized carbons (Fsp3) is 0.0667. The van der Waals surface area contributed by atoms with E-state index in [0.717, 1.165) is 39.8 Å². The largest absolute Gasteiger partial charge is 0.497 e. The van der Waals surface area contributed by atoms with Gasteiger partial charge in [0.25, 0.3) is 0 Å². The average molecular weight is 455 g/mol. The number of rotatable bonds is 5. The number of ether oxygens (including phenoxy) is 1. The Kier molecular flexibility index (Phi) is 5.05. The van der Waals surface area contributed by atoms with Gasteiger partial charge in [-0.2, -0.15) is 5.26 Å². The second kappa shape index (κ2) is 8.51. The zero-order valence-electron chi connectivity index (χ0n) is 19.2. The molecule has 5 nitrogen and oxygen atoms in total. The number of nitrogens with zero attached hydrogens (tertiary/aromatic N) is 3. The number of hydrogen-bond donors (Lipinski definition) is 1. The number of allylic oxidation sites excluding steroid dienone is 1. The standard InChI is InChI=1S/C30H22N4O/c1-35-24-13-14-27-28(16-24)33-30(32-27)22(17-31)15-23-19-34(29-12-5-4-11-26(23)29)18-21-9-6-8-20-7-2-3-10-25(20)21/h2-16,19H,18H2,1H3,(H,32,33)/b22-15-. The van der Waals surface area contributed by atoms with E-state index in [1.165, 1.54) is 16.3 Å². The highest BCUT2D eigenvalue weighted by molar-refractivity contribution is 5.98. The molecule has 0 aliphatic rings. The second-order valence-corrected chi connectivity index (χ2v) is 8.51. The van der Waals surface area contributed by atoms with E-state index in [4.69, 9.17) is 4.74 Å². The van der Waals surface area contributed by atoms with Crippen molar-refractivity contribution in [2.75, 3.05) is 7.11 Å². The molecular weight excluding hydrogens is 432 g/mol. The van der Waals surface area contributed by atoms with Crippen molar-refractivity contribution in [1.82, 2.24) is 14.5 Å². The van der Waals surface area contributed by atoms with Crippen molar-refractivity contribution >= 4 is 44.4 Å². The van der Waals surface area contributed by atoms with Gasteiger partial charge in [-0.05, 0) is 40.6 Å². The number of methoxy groups -OCH3 is 1. The third-order valence-electron chi connectivity index (χ3n) is 6.40. The highest BCUT2D eigenvalue weighted by Gasteiger charge is 2.13. The van der Waals surface area contributed by atoms with E-state index in [9.17, 15) is 5.26 Å². The van der Waals surface area contributed by atoms with Crippen molar-refractivity contribution in [3.8, 4) is 11.8 Å². The minimum Gasteiger partial charge on any atom is -0.497 e. The smallest absolute Gasteiger partial charge is 0.149 e. The number of fused-ring (bicyclic) bond motifs is 3. The molecule has 2 aromatic heterocycles. The van der Waals surface area contributed by atoms with Gasteiger partial charge in [-0.3, -0.25) is 0 Å². The number of H-pyrrole nitrogens is 1. The maximum Gasteiger partial charge on any atom is 0.149 e. The molecule has 0 radical (unpaired) electrons. The quantitative estimate of drug-likeness (QED) is 0.292. The summed E-state index contributed by atoms with van der Waals surface area (Å²) < 4.78 is 7.56. The Morgan fingerprint density at radius 1 is 1.00 bits per heavy atom. The van der Waals surface area contributed by atoms with E-state index >= 15 is 0 Å². The summed E-state index contributed by atoms with van der Waals surface area (Å²) in [6, 6.07) is 31.1. The molecule has 0 atom stereocenters. The molecular formula is C30H22N4O. The lowest BCUT2D eigenvalue weighted by molar-refractivity contribution is 0.415. The Labute approximate surface area is 202 Å². The van der Waals surface area contributed by atoms with Gasteiger partial charge in [-0.25, -0.2) is 4.98 Å². The third kappa shape index (κ3) is 3.71. The SMILES string of the molecule is COc1ccc2nc(/C(C#N)=C\c3cn(Cc4cccc5ccccc45)c4ccccc34)[nH]c2c1. The first-order valence-corrected chi connectivity index (χ1v) is 11.4. The molecule has 0 amide bonds. The fourth-order valence-electron chi connectivity index (χ4n) is 4.69. The van der Waals surface area contributed by atoms with Crippen LogP contribution in [0.1, 0.15) is 17.0 Å². The van der Waals surface area contributed by atoms with Crippen LogP contribution >= 0.6 is 0 Å². The van der Waals surface area contributed by atoms with Gasteiger partial charge in [0.2, 0.25) is 0 Å². The maximum absolute atomic E-state index is 9.99. The van der Waals surface area contributed by atoms with Crippen LogP contribution in [0, 0.1) is 11.3 Å². The number of aromatic amines is 1. The number of imidazole rings is 1. The molecule has 2 heterocycles. The van der Waals surface area contributed by atoms with Crippen molar-refractivity contribution in [3.05, 3.63) is 108 Å². The summed E-state index contributed by atoms with van der Waals surface area (Å²) in [5, 5.41) is 13.6. The van der Waals surface area contributed by atoms with Crippen LogP contribution in [0.2, 0.25) is 0 Å². The van der Waals surface area contributed by atoms with Crippen LogP contribution in [0.4, 0.5) is 0 Å². The lowest BCUT2D eigenvalue weighted by Gasteiger charge is -2.09. The Bertz CT molecular complexity index is 1780. The molecule has 4 aromatic carbocycles. The molecule has 0 bridgehead atoms. The van der Waals surface area contributed by atoms with Gasteiger partial charge in [-0.1, -0.05) is 60.7 Å². The Balaban J connectivity index is 1.44. The lowest BCUT2D eigenvalue weighted by Crippen LogP contribution is -1.98. The van der Waals surface area contributed by atoms with Gasteiger partial charge in [0.1, 0.15) is 17.6 Å². The van der Waals surface area contributed by atoms with E-state index in [0.29, 0.717) is 11.4 Å². The fourth-order valence-corrected chi connectivity index (χ4v) is 4.69. The summed E-state index contributed by atoms with van der Waals surface area (Å²) in [4.78, 5) is 7.90. The predicted molar refractivity (Wildman–Crippen MR) is 141 cm³/mol. The average Bonchev–Trinajstić information content (AvgIpc) is 3.48. The van der Waals surface area contributed by atoms with E-state index in [2.05, 4.69) is 81.4 Å². The van der Waals surface area contributed by atoms with Crippen LogP contribution in [0.15, 0.2) is 91.1 Å². The normalized spacial score (nSPS) is 11.8. The summed E-state index contributed by atoms with van der Waals surface area (Å²) in [7, 11) is 1.63. The van der Waals surface area contributed by atoms with E-state index in [1.807, 2.05) is 36.4 Å². The topological polar surface area (TPSA) is 66.6 Å². The molecule has 5 heteroatoms. The summed E-state index contributed by atoms with van der Waals surface area (Å²) in [6.07, 6.45) is 4.03. The molecule has 0 aliphatic heterocycles. The maximum atomic E-state index is 9.99. The minimum atomic E-state index is 0.480. The van der Waals surface area contributed by atoms with E-state index in [-0.39, 0.29) is 0 Å². The molecule has 0 aliphatic carbocycles. The Hall–Kier alpha value is -4.82. The highest BCUT2D eigenvalue weighted by atomic mass is 16.5. The van der Waals surface area contributed by atoms with Crippen molar-refractivity contribution in [2.45, 2.75) is 6.54 Å². The van der Waals surface area contributed by atoms with Crippen LogP contribution in [0.25, 0.3) is 44.4 Å². The van der Waals surface area contributed by atoms with Crippen LogP contribution in [0.5, 0.6) is 5.75 Å². The molecule has 6 aromatic rings. The van der Waals surface area contributed by atoms with Crippen LogP contribution in [0.3, 0.4) is 0 Å². The first-order chi connectivity index (χ1) is 17.2. The first-order valence-electron chi connectivity index (χ1n) is 11.4. The summed E-state index contributed by atoms with van der Waals surface area (Å²) in [6.45, 7) is 0.738. The van der Waals surface area contributed by atoms with Crippen molar-refractivity contribution in [3.63, 3.8) is 0 Å². The van der Waals surface area contributed by atoms with Crippen LogP contribution in [-0.2, 0) is 6.54 Å². The number of aromatic nitrogens is 3. The molecule has 0 fully saturated rings. The van der Waals surface area contributed by atoms with Gasteiger partial charge in [0, 0.05) is 35.3 Å². The summed E-state index contributed by atoms with van der Waals surface area (Å²) >= 11 is 0. The minimum absolute atomic E-state index is 0.480. The van der Waals surface area contributed by atoms with Crippen molar-refractivity contribution in [2.24, 2.45) is 0 Å². The second-order valence-electron chi connectivity index (χ2n) is 8.51. The van der Waals surface area contributed by atoms with E-state index in [1.54, 1.807) is 7.11 Å². The summed E-state index contributed by atoms with van der Waals surface area (Å²) in [5.74, 6) is 1.29. The summed E-state index contributed by atoms with van der Waals surface area (Å²) in [5.41, 5.74) is 5.47. The van der Waals surface area contributed by atoms with Crippen molar-refractivity contribution in [1.29, 1.82) is 5.26 Å². The van der Waals surface area contributed by atoms with Gasteiger partial charge in [-0.15, -0.1) is 0 Å². The third-order valence-corrected chi connectivity index (χ3v) is 6.40. The molecule has 6 rings (SSSR count). The molecule has 0 unspecified atom stereocenters. The molecule has 35 heavy (non-hydrogen) atoms. The Morgan fingerprint density at radius 3 is 2.66 bits per heavy atom. The zero-order valence-corrected chi connectivity index (χ0v) is 19.2. The molecule has 0 saturated heterocycles.